The minimum absolute atomic E-state index is 0.00713. The molecule has 0 bridgehead atoms. The summed E-state index contributed by atoms with van der Waals surface area (Å²) < 4.78 is 5.11. The quantitative estimate of drug-likeness (QED) is 0.843. The van der Waals surface area contributed by atoms with Crippen LogP contribution in [0.2, 0.25) is 5.02 Å². The summed E-state index contributed by atoms with van der Waals surface area (Å²) in [7, 11) is 1.81. The number of rotatable bonds is 3. The van der Waals surface area contributed by atoms with E-state index in [0.717, 1.165) is 5.56 Å². The molecule has 1 saturated heterocycles. The van der Waals surface area contributed by atoms with Crippen LogP contribution in [0, 0.1) is 0 Å². The van der Waals surface area contributed by atoms with E-state index >= 15 is 0 Å². The van der Waals surface area contributed by atoms with Gasteiger partial charge in [0.1, 0.15) is 0 Å². The monoisotopic (exact) mass is 267 g/mol. The van der Waals surface area contributed by atoms with Gasteiger partial charge in [0.15, 0.2) is 0 Å². The van der Waals surface area contributed by atoms with Crippen LogP contribution in [-0.2, 0) is 4.74 Å². The molecule has 1 aliphatic rings. The van der Waals surface area contributed by atoms with Crippen molar-refractivity contribution in [2.24, 2.45) is 0 Å². The number of ether oxygens (including phenoxy) is 1. The van der Waals surface area contributed by atoms with E-state index in [-0.39, 0.29) is 11.9 Å². The normalized spacial score (nSPS) is 15.6. The molecule has 0 saturated carbocycles. The highest BCUT2D eigenvalue weighted by Crippen LogP contribution is 2.23. The molecule has 18 heavy (non-hydrogen) atoms. The maximum absolute atomic E-state index is 12.3. The van der Waals surface area contributed by atoms with Crippen LogP contribution < -0.4 is 0 Å². The lowest BCUT2D eigenvalue weighted by molar-refractivity contribution is -0.0467. The maximum atomic E-state index is 12.3. The fourth-order valence-electron chi connectivity index (χ4n) is 1.89. The van der Waals surface area contributed by atoms with Crippen molar-refractivity contribution in [3.05, 3.63) is 34.3 Å². The summed E-state index contributed by atoms with van der Waals surface area (Å²) >= 11 is 6.07. The molecule has 0 aliphatic carbocycles. The van der Waals surface area contributed by atoms with Gasteiger partial charge in [0.2, 0.25) is 0 Å². The number of nitrogens with zero attached hydrogens (tertiary/aromatic N) is 1. The van der Waals surface area contributed by atoms with Gasteiger partial charge >= 0.3 is 0 Å². The highest BCUT2D eigenvalue weighted by atomic mass is 35.5. The van der Waals surface area contributed by atoms with E-state index in [9.17, 15) is 4.79 Å². The van der Waals surface area contributed by atoms with Gasteiger partial charge < -0.3 is 9.64 Å². The number of halogens is 1. The van der Waals surface area contributed by atoms with Gasteiger partial charge in [0.25, 0.3) is 5.91 Å². The second kappa shape index (κ2) is 5.29. The molecule has 0 radical (unpaired) electrons. The lowest BCUT2D eigenvalue weighted by Gasteiger charge is -2.34. The van der Waals surface area contributed by atoms with Crippen LogP contribution in [-0.4, -0.2) is 37.1 Å². The molecule has 1 fully saturated rings. The summed E-state index contributed by atoms with van der Waals surface area (Å²) in [5.41, 5.74) is 1.74. The van der Waals surface area contributed by atoms with Crippen LogP contribution in [0.3, 0.4) is 0 Å². The lowest BCUT2D eigenvalue weighted by Crippen LogP contribution is -2.49. The van der Waals surface area contributed by atoms with Crippen LogP contribution in [0.15, 0.2) is 18.2 Å². The third kappa shape index (κ3) is 2.68. The Labute approximate surface area is 113 Å². The van der Waals surface area contributed by atoms with Crippen LogP contribution in [0.5, 0.6) is 0 Å². The summed E-state index contributed by atoms with van der Waals surface area (Å²) in [6.07, 6.45) is 0. The number of hydrogen-bond acceptors (Lipinski definition) is 2. The molecule has 0 aromatic heterocycles. The summed E-state index contributed by atoms with van der Waals surface area (Å²) in [6.45, 7) is 5.42. The van der Waals surface area contributed by atoms with Crippen molar-refractivity contribution in [1.82, 2.24) is 4.90 Å². The maximum Gasteiger partial charge on any atom is 0.254 e. The van der Waals surface area contributed by atoms with Gasteiger partial charge in [0, 0.05) is 17.6 Å². The molecule has 3 nitrogen and oxygen atoms in total. The zero-order valence-corrected chi connectivity index (χ0v) is 11.7. The average molecular weight is 268 g/mol. The molecular formula is C14H18ClNO2. The van der Waals surface area contributed by atoms with E-state index < -0.39 is 0 Å². The molecule has 0 N–H and O–H groups in total. The van der Waals surface area contributed by atoms with Crippen LogP contribution >= 0.6 is 11.6 Å². The summed E-state index contributed by atoms with van der Waals surface area (Å²) in [4.78, 5) is 14.1. The number of amides is 1. The number of likely N-dealkylation sites (N-methyl/N-ethyl adjacent to an activating group) is 1. The molecule has 0 unspecified atom stereocenters. The molecule has 1 aliphatic heterocycles. The van der Waals surface area contributed by atoms with Gasteiger partial charge in [-0.05, 0) is 29.7 Å². The number of hydrogen-bond donors (Lipinski definition) is 0. The number of carbonyl (C=O) groups is 1. The average Bonchev–Trinajstić information content (AvgIpc) is 2.24. The molecule has 1 heterocycles. The van der Waals surface area contributed by atoms with Gasteiger partial charge in [-0.15, -0.1) is 0 Å². The van der Waals surface area contributed by atoms with Gasteiger partial charge in [-0.25, -0.2) is 0 Å². The Bertz CT molecular complexity index is 455. The molecule has 0 atom stereocenters. The minimum Gasteiger partial charge on any atom is -0.377 e. The standard InChI is InChI=1S/C14H18ClNO2/c1-9(2)10-4-11(6-12(15)5-10)14(17)16(3)13-7-18-8-13/h4-6,9,13H,7-8H2,1-3H3. The van der Waals surface area contributed by atoms with Gasteiger partial charge in [0.05, 0.1) is 19.3 Å². The third-order valence-corrected chi connectivity index (χ3v) is 3.54. The number of benzene rings is 1. The largest absolute Gasteiger partial charge is 0.377 e. The third-order valence-electron chi connectivity index (χ3n) is 3.32. The van der Waals surface area contributed by atoms with E-state index in [0.29, 0.717) is 29.7 Å². The summed E-state index contributed by atoms with van der Waals surface area (Å²) in [5.74, 6) is 0.361. The van der Waals surface area contributed by atoms with E-state index in [1.54, 1.807) is 11.0 Å². The van der Waals surface area contributed by atoms with E-state index in [1.165, 1.54) is 0 Å². The molecule has 98 valence electrons. The molecule has 1 aromatic rings. The van der Waals surface area contributed by atoms with Crippen molar-refractivity contribution in [3.8, 4) is 0 Å². The first-order chi connectivity index (χ1) is 8.49. The Balaban J connectivity index is 2.23. The Morgan fingerprint density at radius 1 is 1.39 bits per heavy atom. The van der Waals surface area contributed by atoms with E-state index in [4.69, 9.17) is 16.3 Å². The van der Waals surface area contributed by atoms with Crippen molar-refractivity contribution in [1.29, 1.82) is 0 Å². The van der Waals surface area contributed by atoms with Gasteiger partial charge in [-0.3, -0.25) is 4.79 Å². The van der Waals surface area contributed by atoms with E-state index in [2.05, 4.69) is 13.8 Å². The van der Waals surface area contributed by atoms with Crippen LogP contribution in [0.4, 0.5) is 0 Å². The smallest absolute Gasteiger partial charge is 0.254 e. The Kier molecular flexibility index (Phi) is 3.93. The second-order valence-corrected chi connectivity index (χ2v) is 5.47. The van der Waals surface area contributed by atoms with Crippen LogP contribution in [0.25, 0.3) is 0 Å². The fraction of sp³-hybridized carbons (Fsp3) is 0.500. The molecule has 2 rings (SSSR count). The van der Waals surface area contributed by atoms with Gasteiger partial charge in [-0.2, -0.15) is 0 Å². The Morgan fingerprint density at radius 2 is 2.06 bits per heavy atom. The summed E-state index contributed by atoms with van der Waals surface area (Å²) in [5, 5.41) is 0.614. The van der Waals surface area contributed by atoms with E-state index in [1.807, 2.05) is 19.2 Å². The Morgan fingerprint density at radius 3 is 2.56 bits per heavy atom. The highest BCUT2D eigenvalue weighted by molar-refractivity contribution is 6.31. The zero-order valence-electron chi connectivity index (χ0n) is 10.9. The van der Waals surface area contributed by atoms with Crippen molar-refractivity contribution in [3.63, 3.8) is 0 Å². The van der Waals surface area contributed by atoms with Crippen molar-refractivity contribution >= 4 is 17.5 Å². The van der Waals surface area contributed by atoms with Crippen LogP contribution in [0.1, 0.15) is 35.7 Å². The predicted octanol–water partition coefficient (Wildman–Crippen LogP) is 2.93. The minimum atomic E-state index is 0.00713. The molecule has 4 heteroatoms. The first-order valence-corrected chi connectivity index (χ1v) is 6.52. The van der Waals surface area contributed by atoms with Gasteiger partial charge in [-0.1, -0.05) is 25.4 Å². The van der Waals surface area contributed by atoms with Crippen molar-refractivity contribution in [2.75, 3.05) is 20.3 Å². The topological polar surface area (TPSA) is 29.5 Å². The van der Waals surface area contributed by atoms with Crippen molar-refractivity contribution in [2.45, 2.75) is 25.8 Å². The zero-order chi connectivity index (χ0) is 13.3. The molecular weight excluding hydrogens is 250 g/mol. The first kappa shape index (κ1) is 13.4. The Hall–Kier alpha value is -1.06. The molecule has 1 aromatic carbocycles. The predicted molar refractivity (Wildman–Crippen MR) is 72.2 cm³/mol. The molecule has 0 spiro atoms. The number of carbonyl (C=O) groups excluding carboxylic acids is 1. The SMILES string of the molecule is CC(C)c1cc(Cl)cc(C(=O)N(C)C2COC2)c1. The summed E-state index contributed by atoms with van der Waals surface area (Å²) in [6, 6.07) is 5.76. The first-order valence-electron chi connectivity index (χ1n) is 6.14. The fourth-order valence-corrected chi connectivity index (χ4v) is 2.13. The highest BCUT2D eigenvalue weighted by Gasteiger charge is 2.27. The second-order valence-electron chi connectivity index (χ2n) is 5.04. The van der Waals surface area contributed by atoms with Crippen molar-refractivity contribution < 1.29 is 9.53 Å². The lowest BCUT2D eigenvalue weighted by atomic mass is 10.00. The molecule has 1 amide bonds.